The van der Waals surface area contributed by atoms with Crippen molar-refractivity contribution < 1.29 is 13.6 Å². The maximum Gasteiger partial charge on any atom is 0.306 e. The predicted molar refractivity (Wildman–Crippen MR) is 59.4 cm³/mol. The first-order valence-corrected chi connectivity index (χ1v) is 5.52. The van der Waals surface area contributed by atoms with Crippen LogP contribution in [0.1, 0.15) is 40.5 Å². The molecule has 0 aromatic heterocycles. The Kier molecular flexibility index (Phi) is 3.41. The van der Waals surface area contributed by atoms with Crippen LogP contribution in [0.2, 0.25) is 0 Å². The molecule has 0 N–H and O–H groups in total. The monoisotopic (exact) mass is 231 g/mol. The van der Waals surface area contributed by atoms with Crippen LogP contribution in [0, 0.1) is 0 Å². The van der Waals surface area contributed by atoms with Gasteiger partial charge in [0.25, 0.3) is 0 Å². The third-order valence-electron chi connectivity index (χ3n) is 2.71. The van der Waals surface area contributed by atoms with Crippen LogP contribution in [0.25, 0.3) is 0 Å². The minimum atomic E-state index is -3.26. The molecule has 1 heterocycles. The van der Waals surface area contributed by atoms with Crippen molar-refractivity contribution in [2.24, 2.45) is 0 Å². The Morgan fingerprint density at radius 2 is 1.88 bits per heavy atom. The number of ketones is 1. The lowest BCUT2D eigenvalue weighted by molar-refractivity contribution is -0.136. The standard InChI is InChI=1S/C12H19F2NO/c1-11(2,3)15-7-5-6-9(8-15)10(16)12(4,13)14/h8H,5-7H2,1-4H3. The molecular formula is C12H19F2NO. The number of hydrogen-bond donors (Lipinski definition) is 0. The van der Waals surface area contributed by atoms with Gasteiger partial charge < -0.3 is 4.90 Å². The average Bonchev–Trinajstić information content (AvgIpc) is 2.14. The van der Waals surface area contributed by atoms with E-state index in [1.807, 2.05) is 25.7 Å². The molecule has 0 fully saturated rings. The molecule has 1 aliphatic heterocycles. The van der Waals surface area contributed by atoms with Gasteiger partial charge in [-0.3, -0.25) is 4.79 Å². The second kappa shape index (κ2) is 4.15. The largest absolute Gasteiger partial charge is 0.372 e. The van der Waals surface area contributed by atoms with Crippen molar-refractivity contribution in [3.63, 3.8) is 0 Å². The van der Waals surface area contributed by atoms with E-state index in [9.17, 15) is 13.6 Å². The van der Waals surface area contributed by atoms with Crippen molar-refractivity contribution in [1.82, 2.24) is 4.90 Å². The summed E-state index contributed by atoms with van der Waals surface area (Å²) in [6.07, 6.45) is 2.81. The number of halogens is 2. The Balaban J connectivity index is 2.90. The summed E-state index contributed by atoms with van der Waals surface area (Å²) in [5, 5.41) is 0. The molecule has 0 spiro atoms. The van der Waals surface area contributed by atoms with Crippen molar-refractivity contribution in [3.05, 3.63) is 11.8 Å². The van der Waals surface area contributed by atoms with Crippen LogP contribution in [-0.4, -0.2) is 28.7 Å². The fraction of sp³-hybridized carbons (Fsp3) is 0.750. The quantitative estimate of drug-likeness (QED) is 0.728. The molecule has 16 heavy (non-hydrogen) atoms. The van der Waals surface area contributed by atoms with Crippen LogP contribution in [-0.2, 0) is 4.79 Å². The number of rotatable bonds is 2. The molecule has 0 atom stereocenters. The van der Waals surface area contributed by atoms with Crippen LogP contribution in [0.3, 0.4) is 0 Å². The molecule has 0 aliphatic carbocycles. The lowest BCUT2D eigenvalue weighted by Gasteiger charge is -2.38. The molecule has 4 heteroatoms. The Morgan fingerprint density at radius 3 is 2.31 bits per heavy atom. The number of allylic oxidation sites excluding steroid dienone is 1. The van der Waals surface area contributed by atoms with Gasteiger partial charge in [0, 0.05) is 30.8 Å². The predicted octanol–water partition coefficient (Wildman–Crippen LogP) is 2.99. The Hall–Kier alpha value is -0.930. The van der Waals surface area contributed by atoms with Crippen molar-refractivity contribution >= 4 is 5.78 Å². The van der Waals surface area contributed by atoms with Gasteiger partial charge in [-0.05, 0) is 33.6 Å². The van der Waals surface area contributed by atoms with Gasteiger partial charge in [0.15, 0.2) is 0 Å². The van der Waals surface area contributed by atoms with E-state index in [2.05, 4.69) is 0 Å². The van der Waals surface area contributed by atoms with Gasteiger partial charge in [0.05, 0.1) is 0 Å². The van der Waals surface area contributed by atoms with Gasteiger partial charge in [-0.1, -0.05) is 0 Å². The smallest absolute Gasteiger partial charge is 0.306 e. The molecule has 0 aromatic carbocycles. The number of alkyl halides is 2. The highest BCUT2D eigenvalue weighted by molar-refractivity contribution is 6.00. The van der Waals surface area contributed by atoms with Crippen molar-refractivity contribution in [1.29, 1.82) is 0 Å². The van der Waals surface area contributed by atoms with E-state index in [1.54, 1.807) is 6.20 Å². The molecule has 0 aromatic rings. The summed E-state index contributed by atoms with van der Waals surface area (Å²) >= 11 is 0. The van der Waals surface area contributed by atoms with Gasteiger partial charge in [-0.25, -0.2) is 0 Å². The maximum atomic E-state index is 12.9. The lowest BCUT2D eigenvalue weighted by atomic mass is 9.96. The SMILES string of the molecule is CC(F)(F)C(=O)C1=CN(C(C)(C)C)CCC1. The minimum absolute atomic E-state index is 0.130. The summed E-state index contributed by atoms with van der Waals surface area (Å²) in [7, 11) is 0. The van der Waals surface area contributed by atoms with Crippen molar-refractivity contribution in [2.45, 2.75) is 52.0 Å². The highest BCUT2D eigenvalue weighted by Crippen LogP contribution is 2.27. The van der Waals surface area contributed by atoms with Gasteiger partial charge in [-0.2, -0.15) is 8.78 Å². The molecule has 0 saturated carbocycles. The second-order valence-corrected chi connectivity index (χ2v) is 5.34. The highest BCUT2D eigenvalue weighted by Gasteiger charge is 2.36. The molecule has 0 bridgehead atoms. The molecule has 0 amide bonds. The third-order valence-corrected chi connectivity index (χ3v) is 2.71. The lowest BCUT2D eigenvalue weighted by Crippen LogP contribution is -2.41. The number of nitrogens with zero attached hydrogens (tertiary/aromatic N) is 1. The molecule has 2 nitrogen and oxygen atoms in total. The van der Waals surface area contributed by atoms with E-state index < -0.39 is 11.7 Å². The minimum Gasteiger partial charge on any atom is -0.372 e. The molecule has 1 rings (SSSR count). The average molecular weight is 231 g/mol. The van der Waals surface area contributed by atoms with E-state index >= 15 is 0 Å². The maximum absolute atomic E-state index is 12.9. The summed E-state index contributed by atoms with van der Waals surface area (Å²) < 4.78 is 25.8. The second-order valence-electron chi connectivity index (χ2n) is 5.34. The zero-order chi connectivity index (χ0) is 12.6. The molecule has 0 saturated heterocycles. The summed E-state index contributed by atoms with van der Waals surface area (Å²) in [5.41, 5.74) is 0.114. The normalized spacial score (nSPS) is 18.4. The fourth-order valence-electron chi connectivity index (χ4n) is 1.74. The fourth-order valence-corrected chi connectivity index (χ4v) is 1.74. The molecule has 92 valence electrons. The Morgan fingerprint density at radius 1 is 1.31 bits per heavy atom. The molecule has 0 radical (unpaired) electrons. The first-order valence-electron chi connectivity index (χ1n) is 5.52. The first-order chi connectivity index (χ1) is 7.12. The van der Waals surface area contributed by atoms with E-state index in [0.717, 1.165) is 13.0 Å². The Bertz CT molecular complexity index is 310. The van der Waals surface area contributed by atoms with Crippen LogP contribution in [0.5, 0.6) is 0 Å². The van der Waals surface area contributed by atoms with Crippen molar-refractivity contribution in [3.8, 4) is 0 Å². The summed E-state index contributed by atoms with van der Waals surface area (Å²) in [5.74, 6) is -4.30. The van der Waals surface area contributed by atoms with Gasteiger partial charge in [-0.15, -0.1) is 0 Å². The Labute approximate surface area is 95.3 Å². The van der Waals surface area contributed by atoms with E-state index in [4.69, 9.17) is 0 Å². The molecule has 1 aliphatic rings. The van der Waals surface area contributed by atoms with Crippen LogP contribution in [0.15, 0.2) is 11.8 Å². The van der Waals surface area contributed by atoms with Crippen LogP contribution >= 0.6 is 0 Å². The first kappa shape index (κ1) is 13.1. The van der Waals surface area contributed by atoms with E-state index in [1.165, 1.54) is 0 Å². The number of carbonyl (C=O) groups is 1. The van der Waals surface area contributed by atoms with E-state index in [0.29, 0.717) is 13.3 Å². The number of hydrogen-bond acceptors (Lipinski definition) is 2. The van der Waals surface area contributed by atoms with Gasteiger partial charge in [0.1, 0.15) is 0 Å². The zero-order valence-electron chi connectivity index (χ0n) is 10.3. The van der Waals surface area contributed by atoms with E-state index in [-0.39, 0.29) is 11.1 Å². The number of carbonyl (C=O) groups excluding carboxylic acids is 1. The van der Waals surface area contributed by atoms with Crippen LogP contribution < -0.4 is 0 Å². The number of Topliss-reactive ketones (excluding diaryl/α,β-unsaturated/α-hetero) is 1. The zero-order valence-corrected chi connectivity index (χ0v) is 10.3. The summed E-state index contributed by atoms with van der Waals surface area (Å²) in [4.78, 5) is 13.4. The highest BCUT2D eigenvalue weighted by atomic mass is 19.3. The summed E-state index contributed by atoms with van der Waals surface area (Å²) in [6.45, 7) is 7.48. The third kappa shape index (κ3) is 3.03. The molecule has 0 unspecified atom stereocenters. The topological polar surface area (TPSA) is 20.3 Å². The summed E-state index contributed by atoms with van der Waals surface area (Å²) in [6, 6.07) is 0. The van der Waals surface area contributed by atoms with Gasteiger partial charge in [0.2, 0.25) is 5.78 Å². The van der Waals surface area contributed by atoms with Gasteiger partial charge >= 0.3 is 5.92 Å². The van der Waals surface area contributed by atoms with Crippen LogP contribution in [0.4, 0.5) is 8.78 Å². The van der Waals surface area contributed by atoms with Crippen molar-refractivity contribution in [2.75, 3.05) is 6.54 Å². The molecular weight excluding hydrogens is 212 g/mol.